The predicted molar refractivity (Wildman–Crippen MR) is 106 cm³/mol. The van der Waals surface area contributed by atoms with E-state index in [1.54, 1.807) is 6.07 Å². The van der Waals surface area contributed by atoms with E-state index in [9.17, 15) is 13.2 Å². The summed E-state index contributed by atoms with van der Waals surface area (Å²) in [6, 6.07) is 8.68. The average Bonchev–Trinajstić information content (AvgIpc) is 2.67. The van der Waals surface area contributed by atoms with Gasteiger partial charge in [-0.1, -0.05) is 24.6 Å². The van der Waals surface area contributed by atoms with E-state index in [1.165, 1.54) is 36.7 Å². The molecule has 2 N–H and O–H groups in total. The van der Waals surface area contributed by atoms with Crippen LogP contribution >= 0.6 is 0 Å². The highest BCUT2D eigenvalue weighted by atomic mass is 19.4. The Balaban J connectivity index is 1.60. The number of aromatic nitrogens is 2. The van der Waals surface area contributed by atoms with Crippen molar-refractivity contribution in [2.45, 2.75) is 38.1 Å². The first-order valence-electron chi connectivity index (χ1n) is 9.68. The van der Waals surface area contributed by atoms with Gasteiger partial charge in [0.1, 0.15) is 23.9 Å². The van der Waals surface area contributed by atoms with Gasteiger partial charge >= 0.3 is 6.36 Å². The number of nitrogens with zero attached hydrogens (tertiary/aromatic N) is 2. The van der Waals surface area contributed by atoms with Crippen molar-refractivity contribution < 1.29 is 27.0 Å². The van der Waals surface area contributed by atoms with E-state index in [0.29, 0.717) is 5.56 Å². The standard InChI is InChI=1S/C22H19F4N3O2/c23-18-17(19-21(27)29-11-10-28-19)9-8-16(14-2-1-3-14)20(18)30-12-13-4-6-15(7-5-13)31-22(24,25)26/h4-11,14H,1-3,12H2,(H2,27,29). The fraction of sp³-hybridized carbons (Fsp3) is 0.273. The first-order chi connectivity index (χ1) is 14.8. The van der Waals surface area contributed by atoms with Gasteiger partial charge in [0, 0.05) is 23.5 Å². The number of hydrogen-bond donors (Lipinski definition) is 1. The zero-order valence-corrected chi connectivity index (χ0v) is 16.3. The molecule has 162 valence electrons. The minimum Gasteiger partial charge on any atom is -0.486 e. The maximum Gasteiger partial charge on any atom is 0.573 e. The van der Waals surface area contributed by atoms with Crippen LogP contribution in [0.4, 0.5) is 23.4 Å². The molecule has 1 aliphatic carbocycles. The van der Waals surface area contributed by atoms with E-state index >= 15 is 4.39 Å². The molecule has 5 nitrogen and oxygen atoms in total. The van der Waals surface area contributed by atoms with Crippen LogP contribution < -0.4 is 15.2 Å². The SMILES string of the molecule is Nc1nccnc1-c1ccc(C2CCC2)c(OCc2ccc(OC(F)(F)F)cc2)c1F. The molecule has 0 aliphatic heterocycles. The predicted octanol–water partition coefficient (Wildman–Crippen LogP) is 5.61. The van der Waals surface area contributed by atoms with Crippen LogP contribution in [0.5, 0.6) is 11.5 Å². The van der Waals surface area contributed by atoms with Crippen LogP contribution in [0, 0.1) is 5.82 Å². The molecule has 3 aromatic rings. The first kappa shape index (κ1) is 20.9. The summed E-state index contributed by atoms with van der Waals surface area (Å²) >= 11 is 0. The Hall–Kier alpha value is -3.36. The molecule has 0 unspecified atom stereocenters. The lowest BCUT2D eigenvalue weighted by atomic mass is 9.79. The highest BCUT2D eigenvalue weighted by Crippen LogP contribution is 2.44. The minimum atomic E-state index is -4.76. The number of halogens is 4. The fourth-order valence-corrected chi connectivity index (χ4v) is 3.44. The van der Waals surface area contributed by atoms with E-state index in [1.807, 2.05) is 6.07 Å². The lowest BCUT2D eigenvalue weighted by Gasteiger charge is -2.28. The number of hydrogen-bond acceptors (Lipinski definition) is 5. The lowest BCUT2D eigenvalue weighted by Crippen LogP contribution is -2.17. The van der Waals surface area contributed by atoms with Crippen molar-refractivity contribution in [1.82, 2.24) is 9.97 Å². The van der Waals surface area contributed by atoms with Gasteiger partial charge in [-0.15, -0.1) is 13.2 Å². The number of ether oxygens (including phenoxy) is 2. The summed E-state index contributed by atoms with van der Waals surface area (Å²) in [6.45, 7) is -0.0255. The van der Waals surface area contributed by atoms with Crippen molar-refractivity contribution in [2.75, 3.05) is 5.73 Å². The van der Waals surface area contributed by atoms with Crippen LogP contribution in [0.3, 0.4) is 0 Å². The van der Waals surface area contributed by atoms with Crippen LogP contribution in [0.1, 0.15) is 36.3 Å². The van der Waals surface area contributed by atoms with Crippen molar-refractivity contribution in [3.8, 4) is 22.8 Å². The van der Waals surface area contributed by atoms with E-state index in [-0.39, 0.29) is 41.1 Å². The number of alkyl halides is 3. The van der Waals surface area contributed by atoms with Crippen LogP contribution in [0.15, 0.2) is 48.8 Å². The zero-order chi connectivity index (χ0) is 22.0. The molecular weight excluding hydrogens is 414 g/mol. The Morgan fingerprint density at radius 3 is 2.32 bits per heavy atom. The third-order valence-electron chi connectivity index (χ3n) is 5.19. The summed E-state index contributed by atoms with van der Waals surface area (Å²) in [4.78, 5) is 8.08. The van der Waals surface area contributed by atoms with Gasteiger partial charge in [0.2, 0.25) is 0 Å². The summed E-state index contributed by atoms with van der Waals surface area (Å²) in [7, 11) is 0. The average molecular weight is 433 g/mol. The smallest absolute Gasteiger partial charge is 0.486 e. The first-order valence-corrected chi connectivity index (χ1v) is 9.68. The molecule has 0 spiro atoms. The molecule has 1 fully saturated rings. The molecule has 1 aromatic heterocycles. The summed E-state index contributed by atoms with van der Waals surface area (Å²) in [5, 5.41) is 0. The van der Waals surface area contributed by atoms with Crippen LogP contribution in [0.2, 0.25) is 0 Å². The van der Waals surface area contributed by atoms with Crippen LogP contribution in [-0.2, 0) is 6.61 Å². The van der Waals surface area contributed by atoms with E-state index < -0.39 is 12.2 Å². The van der Waals surface area contributed by atoms with Crippen molar-refractivity contribution in [3.63, 3.8) is 0 Å². The molecule has 0 atom stereocenters. The highest BCUT2D eigenvalue weighted by Gasteiger charge is 2.31. The second-order valence-corrected chi connectivity index (χ2v) is 7.24. The topological polar surface area (TPSA) is 70.3 Å². The van der Waals surface area contributed by atoms with Crippen LogP contribution in [0.25, 0.3) is 11.3 Å². The third kappa shape index (κ3) is 4.70. The zero-order valence-electron chi connectivity index (χ0n) is 16.3. The maximum atomic E-state index is 15.5. The summed E-state index contributed by atoms with van der Waals surface area (Å²) in [6.07, 6.45) is 1.02. The molecule has 0 amide bonds. The molecule has 1 saturated carbocycles. The Morgan fingerprint density at radius 2 is 1.71 bits per heavy atom. The van der Waals surface area contributed by atoms with E-state index in [2.05, 4.69) is 14.7 Å². The van der Waals surface area contributed by atoms with Crippen molar-refractivity contribution in [3.05, 3.63) is 65.7 Å². The Kier molecular flexibility index (Phi) is 5.67. The molecule has 2 aromatic carbocycles. The monoisotopic (exact) mass is 433 g/mol. The number of rotatable bonds is 6. The van der Waals surface area contributed by atoms with Gasteiger partial charge in [-0.3, -0.25) is 4.98 Å². The minimum absolute atomic E-state index is 0.0255. The van der Waals surface area contributed by atoms with Crippen molar-refractivity contribution in [2.24, 2.45) is 0 Å². The summed E-state index contributed by atoms with van der Waals surface area (Å²) in [5.41, 5.74) is 7.58. The largest absolute Gasteiger partial charge is 0.573 e. The molecular formula is C22H19F4N3O2. The van der Waals surface area contributed by atoms with Gasteiger partial charge in [0.05, 0.1) is 0 Å². The van der Waals surface area contributed by atoms with Crippen molar-refractivity contribution >= 4 is 5.82 Å². The lowest BCUT2D eigenvalue weighted by molar-refractivity contribution is -0.274. The Morgan fingerprint density at radius 1 is 1.00 bits per heavy atom. The van der Waals surface area contributed by atoms with Crippen molar-refractivity contribution in [1.29, 1.82) is 0 Å². The number of benzene rings is 2. The molecule has 1 heterocycles. The highest BCUT2D eigenvalue weighted by molar-refractivity contribution is 5.72. The van der Waals surface area contributed by atoms with Gasteiger partial charge in [-0.05, 0) is 42.5 Å². The maximum absolute atomic E-state index is 15.5. The molecule has 0 radical (unpaired) electrons. The second kappa shape index (κ2) is 8.41. The van der Waals surface area contributed by atoms with Gasteiger partial charge < -0.3 is 15.2 Å². The van der Waals surface area contributed by atoms with Crippen LogP contribution in [-0.4, -0.2) is 16.3 Å². The molecule has 4 rings (SSSR count). The molecule has 31 heavy (non-hydrogen) atoms. The Labute approximate surface area is 175 Å². The quantitative estimate of drug-likeness (QED) is 0.512. The van der Waals surface area contributed by atoms with E-state index in [4.69, 9.17) is 10.5 Å². The number of nitrogen functional groups attached to an aromatic ring is 1. The van der Waals surface area contributed by atoms with Gasteiger partial charge in [-0.25, -0.2) is 9.37 Å². The normalized spacial score (nSPS) is 14.2. The molecule has 1 aliphatic rings. The van der Waals surface area contributed by atoms with Gasteiger partial charge in [0.25, 0.3) is 0 Å². The van der Waals surface area contributed by atoms with Gasteiger partial charge in [-0.2, -0.15) is 0 Å². The van der Waals surface area contributed by atoms with E-state index in [0.717, 1.165) is 24.8 Å². The fourth-order valence-electron chi connectivity index (χ4n) is 3.44. The molecule has 0 saturated heterocycles. The molecule has 0 bridgehead atoms. The summed E-state index contributed by atoms with van der Waals surface area (Å²) in [5.74, 6) is -0.529. The number of nitrogens with two attached hydrogens (primary N) is 1. The summed E-state index contributed by atoms with van der Waals surface area (Å²) < 4.78 is 62.1. The number of anilines is 1. The third-order valence-corrected chi connectivity index (χ3v) is 5.19. The second-order valence-electron chi connectivity index (χ2n) is 7.24. The van der Waals surface area contributed by atoms with Gasteiger partial charge in [0.15, 0.2) is 11.6 Å². The Bertz CT molecular complexity index is 1070. The molecule has 9 heteroatoms.